The van der Waals surface area contributed by atoms with Gasteiger partial charge in [-0.3, -0.25) is 10.0 Å². The van der Waals surface area contributed by atoms with Gasteiger partial charge >= 0.3 is 0 Å². The summed E-state index contributed by atoms with van der Waals surface area (Å²) in [6, 6.07) is 11.7. The molecule has 5 nitrogen and oxygen atoms in total. The number of aliphatic hydroxyl groups excluding tert-OH is 2. The third kappa shape index (κ3) is 4.13. The summed E-state index contributed by atoms with van der Waals surface area (Å²) in [5.41, 5.74) is 3.50. The first-order valence-corrected chi connectivity index (χ1v) is 10.4. The van der Waals surface area contributed by atoms with Gasteiger partial charge in [0.25, 0.3) is 0 Å². The molecule has 1 amide bonds. The summed E-state index contributed by atoms with van der Waals surface area (Å²) in [6.07, 6.45) is 2.57. The number of carbonyl (C=O) groups is 1. The number of hydrogen-bond donors (Lipinski definition) is 4. The van der Waals surface area contributed by atoms with Gasteiger partial charge in [-0.15, -0.1) is 23.1 Å². The predicted molar refractivity (Wildman–Crippen MR) is 104 cm³/mol. The van der Waals surface area contributed by atoms with E-state index in [1.54, 1.807) is 28.6 Å². The molecule has 3 rings (SSSR count). The van der Waals surface area contributed by atoms with Crippen LogP contribution in [0.3, 0.4) is 0 Å². The van der Waals surface area contributed by atoms with Gasteiger partial charge in [-0.05, 0) is 41.9 Å². The molecule has 1 aliphatic heterocycles. The molecule has 0 saturated carbocycles. The van der Waals surface area contributed by atoms with Crippen molar-refractivity contribution in [3.05, 3.63) is 46.8 Å². The molecule has 1 fully saturated rings. The molecule has 1 saturated heterocycles. The van der Waals surface area contributed by atoms with Gasteiger partial charge in [0, 0.05) is 16.2 Å². The highest BCUT2D eigenvalue weighted by atomic mass is 32.2. The summed E-state index contributed by atoms with van der Waals surface area (Å²) in [4.78, 5) is 14.1. The standard InChI is InChI=1S/C19H23NO4S2/c21-12-15(22)13-3-5-14(6-4-13)16-7-8-17(26-16)19(11-18(23)20-24)9-1-2-10-25-19/h3-8,15,21-22,24H,1-2,9-12H2,(H,20,23)/t15?,19-/m0/s1. The summed E-state index contributed by atoms with van der Waals surface area (Å²) < 4.78 is -0.277. The second kappa shape index (κ2) is 8.54. The van der Waals surface area contributed by atoms with Crippen LogP contribution in [0.2, 0.25) is 0 Å². The number of aliphatic hydroxyl groups is 2. The van der Waals surface area contributed by atoms with Gasteiger partial charge in [-0.1, -0.05) is 30.7 Å². The van der Waals surface area contributed by atoms with Crippen molar-refractivity contribution < 1.29 is 20.2 Å². The molecule has 2 heterocycles. The Kier molecular flexibility index (Phi) is 6.37. The van der Waals surface area contributed by atoms with E-state index in [9.17, 15) is 9.90 Å². The summed E-state index contributed by atoms with van der Waals surface area (Å²) >= 11 is 3.47. The number of hydrogen-bond acceptors (Lipinski definition) is 6. The summed E-state index contributed by atoms with van der Waals surface area (Å²) in [5, 5.41) is 27.7. The van der Waals surface area contributed by atoms with Gasteiger partial charge in [0.15, 0.2) is 0 Å². The Morgan fingerprint density at radius 1 is 1.19 bits per heavy atom. The lowest BCUT2D eigenvalue weighted by atomic mass is 9.94. The zero-order valence-electron chi connectivity index (χ0n) is 14.4. The van der Waals surface area contributed by atoms with E-state index in [0.717, 1.165) is 40.3 Å². The minimum Gasteiger partial charge on any atom is -0.393 e. The Bertz CT molecular complexity index is 738. The first kappa shape index (κ1) is 19.4. The second-order valence-corrected chi connectivity index (χ2v) is 9.06. The van der Waals surface area contributed by atoms with Gasteiger partial charge in [-0.2, -0.15) is 0 Å². The molecule has 0 aliphatic carbocycles. The van der Waals surface area contributed by atoms with E-state index in [2.05, 4.69) is 12.1 Å². The third-order valence-electron chi connectivity index (χ3n) is 4.73. The van der Waals surface area contributed by atoms with E-state index in [0.29, 0.717) is 5.56 Å². The Balaban J connectivity index is 1.86. The van der Waals surface area contributed by atoms with Crippen molar-refractivity contribution >= 4 is 29.0 Å². The van der Waals surface area contributed by atoms with Crippen molar-refractivity contribution in [2.24, 2.45) is 0 Å². The predicted octanol–water partition coefficient (Wildman–Crippen LogP) is 3.45. The Hall–Kier alpha value is -1.38. The number of amides is 1. The van der Waals surface area contributed by atoms with Crippen LogP contribution in [-0.4, -0.2) is 33.7 Å². The zero-order chi connectivity index (χ0) is 18.6. The smallest absolute Gasteiger partial charge is 0.245 e. The molecule has 26 heavy (non-hydrogen) atoms. The Morgan fingerprint density at radius 3 is 2.58 bits per heavy atom. The van der Waals surface area contributed by atoms with E-state index in [4.69, 9.17) is 10.3 Å². The van der Waals surface area contributed by atoms with Crippen LogP contribution in [0.4, 0.5) is 0 Å². The van der Waals surface area contributed by atoms with Gasteiger partial charge in [0.1, 0.15) is 6.10 Å². The molecular weight excluding hydrogens is 370 g/mol. The summed E-state index contributed by atoms with van der Waals surface area (Å²) in [7, 11) is 0. The van der Waals surface area contributed by atoms with E-state index < -0.39 is 6.10 Å². The lowest BCUT2D eigenvalue weighted by Crippen LogP contribution is -2.32. The van der Waals surface area contributed by atoms with Crippen LogP contribution in [0.5, 0.6) is 0 Å². The van der Waals surface area contributed by atoms with E-state index in [1.807, 2.05) is 24.3 Å². The van der Waals surface area contributed by atoms with Gasteiger partial charge in [0.2, 0.25) is 5.91 Å². The molecule has 1 unspecified atom stereocenters. The number of carbonyl (C=O) groups excluding carboxylic acids is 1. The molecule has 2 aromatic rings. The minimum atomic E-state index is -0.859. The number of nitrogens with one attached hydrogen (secondary N) is 1. The maximum Gasteiger partial charge on any atom is 0.245 e. The van der Waals surface area contributed by atoms with Crippen molar-refractivity contribution in [1.29, 1.82) is 0 Å². The molecule has 1 aromatic carbocycles. The molecule has 0 radical (unpaired) electrons. The minimum absolute atomic E-state index is 0.274. The lowest BCUT2D eigenvalue weighted by Gasteiger charge is -2.35. The molecule has 7 heteroatoms. The van der Waals surface area contributed by atoms with Crippen molar-refractivity contribution in [3.8, 4) is 10.4 Å². The van der Waals surface area contributed by atoms with Crippen LogP contribution in [0.25, 0.3) is 10.4 Å². The van der Waals surface area contributed by atoms with Crippen LogP contribution >= 0.6 is 23.1 Å². The highest BCUT2D eigenvalue weighted by molar-refractivity contribution is 8.00. The fourth-order valence-corrected chi connectivity index (χ4v) is 6.18. The Morgan fingerprint density at radius 2 is 1.96 bits per heavy atom. The monoisotopic (exact) mass is 393 g/mol. The van der Waals surface area contributed by atoms with Crippen LogP contribution in [0.15, 0.2) is 36.4 Å². The summed E-state index contributed by atoms with van der Waals surface area (Å²) in [6.45, 7) is -0.296. The highest BCUT2D eigenvalue weighted by Gasteiger charge is 2.38. The highest BCUT2D eigenvalue weighted by Crippen LogP contribution is 2.50. The molecule has 0 bridgehead atoms. The molecule has 0 spiro atoms. The molecule has 2 atom stereocenters. The number of benzene rings is 1. The number of hydroxylamine groups is 1. The lowest BCUT2D eigenvalue weighted by molar-refractivity contribution is -0.129. The molecule has 1 aromatic heterocycles. The van der Waals surface area contributed by atoms with Crippen molar-refractivity contribution in [3.63, 3.8) is 0 Å². The van der Waals surface area contributed by atoms with Gasteiger partial charge in [-0.25, -0.2) is 5.48 Å². The average molecular weight is 394 g/mol. The van der Waals surface area contributed by atoms with Gasteiger partial charge < -0.3 is 10.2 Å². The molecular formula is C19H23NO4S2. The molecule has 4 N–H and O–H groups in total. The van der Waals surface area contributed by atoms with Crippen LogP contribution < -0.4 is 5.48 Å². The fourth-order valence-electron chi connectivity index (χ4n) is 3.28. The summed E-state index contributed by atoms with van der Waals surface area (Å²) in [5.74, 6) is 0.663. The van der Waals surface area contributed by atoms with E-state index >= 15 is 0 Å². The first-order valence-electron chi connectivity index (χ1n) is 8.64. The van der Waals surface area contributed by atoms with E-state index in [-0.39, 0.29) is 23.7 Å². The quantitative estimate of drug-likeness (QED) is 0.446. The maximum atomic E-state index is 11.9. The van der Waals surface area contributed by atoms with Crippen LogP contribution in [-0.2, 0) is 9.54 Å². The first-order chi connectivity index (χ1) is 12.6. The van der Waals surface area contributed by atoms with Crippen molar-refractivity contribution in [2.45, 2.75) is 36.5 Å². The van der Waals surface area contributed by atoms with Gasteiger partial charge in [0.05, 0.1) is 11.4 Å². The molecule has 140 valence electrons. The van der Waals surface area contributed by atoms with Crippen molar-refractivity contribution in [1.82, 2.24) is 5.48 Å². The van der Waals surface area contributed by atoms with Crippen molar-refractivity contribution in [2.75, 3.05) is 12.4 Å². The average Bonchev–Trinajstić information content (AvgIpc) is 3.19. The maximum absolute atomic E-state index is 11.9. The van der Waals surface area contributed by atoms with Crippen LogP contribution in [0, 0.1) is 0 Å². The number of thiophene rings is 1. The van der Waals surface area contributed by atoms with Crippen LogP contribution in [0.1, 0.15) is 42.2 Å². The third-order valence-corrected chi connectivity index (χ3v) is 7.81. The largest absolute Gasteiger partial charge is 0.393 e. The topological polar surface area (TPSA) is 89.8 Å². The second-order valence-electron chi connectivity index (χ2n) is 6.50. The van der Waals surface area contributed by atoms with E-state index in [1.165, 1.54) is 0 Å². The normalized spacial score (nSPS) is 21.3. The zero-order valence-corrected chi connectivity index (χ0v) is 16.0. The SMILES string of the molecule is O=C(C[C@]1(c2ccc(-c3ccc(C(O)CO)cc3)s2)CCCCS1)NO. The number of thioether (sulfide) groups is 1. The molecule has 1 aliphatic rings. The fraction of sp³-hybridized carbons (Fsp3) is 0.421. The Labute approximate surface area is 161 Å². The number of rotatable bonds is 6.